The van der Waals surface area contributed by atoms with Gasteiger partial charge in [-0.05, 0) is 78.8 Å². The molecule has 6 rings (SSSR count). The van der Waals surface area contributed by atoms with Gasteiger partial charge < -0.3 is 0 Å². The highest BCUT2D eigenvalue weighted by molar-refractivity contribution is 7.93. The molecule has 0 spiro atoms. The predicted molar refractivity (Wildman–Crippen MR) is 162 cm³/mol. The van der Waals surface area contributed by atoms with Crippen LogP contribution in [0.4, 0.5) is 11.4 Å². The van der Waals surface area contributed by atoms with Crippen LogP contribution in [-0.4, -0.2) is 32.9 Å². The molecule has 1 unspecified atom stereocenters. The van der Waals surface area contributed by atoms with Gasteiger partial charge in [-0.2, -0.15) is 15.5 Å². The maximum absolute atomic E-state index is 14.7. The first-order valence-electron chi connectivity index (χ1n) is 13.6. The summed E-state index contributed by atoms with van der Waals surface area (Å²) in [5, 5.41) is 31.3. The topological polar surface area (TPSA) is 140 Å². The number of aromatic nitrogens is 4. The number of benzene rings is 3. The second-order valence-electron chi connectivity index (χ2n) is 10.6. The second kappa shape index (κ2) is 10.5. The van der Waals surface area contributed by atoms with Crippen molar-refractivity contribution in [2.45, 2.75) is 37.1 Å². The number of hydrogen-bond donors (Lipinski definition) is 0. The number of hydrogen-bond acceptors (Lipinski definition) is 7. The van der Waals surface area contributed by atoms with Crippen LogP contribution in [-0.2, 0) is 23.5 Å². The quantitative estimate of drug-likeness (QED) is 0.170. The lowest BCUT2D eigenvalue weighted by Gasteiger charge is -2.37. The van der Waals surface area contributed by atoms with Crippen molar-refractivity contribution in [2.24, 2.45) is 7.05 Å². The largest absolute Gasteiger partial charge is 0.289 e. The van der Waals surface area contributed by atoms with Gasteiger partial charge in [-0.3, -0.25) is 19.1 Å². The zero-order chi connectivity index (χ0) is 30.5. The molecular formula is C31H27N7O4S. The van der Waals surface area contributed by atoms with Gasteiger partial charge in [0.05, 0.1) is 52.4 Å². The van der Waals surface area contributed by atoms with Gasteiger partial charge in [0, 0.05) is 18.5 Å². The van der Waals surface area contributed by atoms with E-state index in [1.807, 2.05) is 6.92 Å². The number of para-hydroxylation sites is 1. The molecule has 0 radical (unpaired) electrons. The molecule has 1 aliphatic rings. The Bertz CT molecular complexity index is 2090. The van der Waals surface area contributed by atoms with Gasteiger partial charge >= 0.3 is 0 Å². The second-order valence-corrected chi connectivity index (χ2v) is 12.3. The molecule has 1 atom stereocenters. The van der Waals surface area contributed by atoms with Gasteiger partial charge in [0.25, 0.3) is 15.7 Å². The molecule has 0 saturated carbocycles. The summed E-state index contributed by atoms with van der Waals surface area (Å²) < 4.78 is 33.9. The van der Waals surface area contributed by atoms with E-state index in [0.29, 0.717) is 47.3 Å². The fourth-order valence-electron chi connectivity index (χ4n) is 5.98. The third-order valence-electron chi connectivity index (χ3n) is 7.79. The van der Waals surface area contributed by atoms with E-state index in [1.54, 1.807) is 65.3 Å². The molecule has 5 aromatic rings. The van der Waals surface area contributed by atoms with Crippen molar-refractivity contribution in [3.05, 3.63) is 112 Å². The minimum absolute atomic E-state index is 0.329. The first-order valence-corrected chi connectivity index (χ1v) is 15.0. The number of nitro groups is 1. The zero-order valence-electron chi connectivity index (χ0n) is 23.5. The minimum Gasteiger partial charge on any atom is -0.274 e. The van der Waals surface area contributed by atoms with E-state index in [-0.39, 0.29) is 0 Å². The number of nitriles is 1. The van der Waals surface area contributed by atoms with Gasteiger partial charge in [0.15, 0.2) is 4.90 Å². The lowest BCUT2D eigenvalue weighted by molar-refractivity contribution is -0.387. The van der Waals surface area contributed by atoms with Crippen LogP contribution in [0.5, 0.6) is 0 Å². The predicted octanol–water partition coefficient (Wildman–Crippen LogP) is 5.84. The fraction of sp³-hybridized carbons (Fsp3) is 0.194. The van der Waals surface area contributed by atoms with Crippen molar-refractivity contribution in [2.75, 3.05) is 4.31 Å². The molecule has 0 N–H and O–H groups in total. The number of fused-ring (bicyclic) bond motifs is 2. The summed E-state index contributed by atoms with van der Waals surface area (Å²) in [7, 11) is -2.70. The van der Waals surface area contributed by atoms with Crippen LogP contribution < -0.4 is 4.31 Å². The molecule has 2 aromatic heterocycles. The van der Waals surface area contributed by atoms with Gasteiger partial charge in [0.1, 0.15) is 5.69 Å². The molecule has 2 heterocycles. The molecule has 0 fully saturated rings. The third-order valence-corrected chi connectivity index (χ3v) is 9.67. The first-order chi connectivity index (χ1) is 20.6. The molecule has 11 nitrogen and oxygen atoms in total. The molecule has 3 aromatic carbocycles. The molecule has 0 bridgehead atoms. The third kappa shape index (κ3) is 4.64. The highest BCUT2D eigenvalue weighted by Gasteiger charge is 2.39. The summed E-state index contributed by atoms with van der Waals surface area (Å²) in [6.45, 7) is 5.92. The van der Waals surface area contributed by atoms with Gasteiger partial charge in [-0.25, -0.2) is 13.1 Å². The highest BCUT2D eigenvalue weighted by Crippen LogP contribution is 2.44. The van der Waals surface area contributed by atoms with Gasteiger partial charge in [-0.1, -0.05) is 24.8 Å². The Kier molecular flexibility index (Phi) is 6.82. The van der Waals surface area contributed by atoms with E-state index in [2.05, 4.69) is 22.8 Å². The Morgan fingerprint density at radius 2 is 1.95 bits per heavy atom. The number of sulfonamides is 1. The highest BCUT2D eigenvalue weighted by atomic mass is 32.2. The average molecular weight is 594 g/mol. The van der Waals surface area contributed by atoms with E-state index in [0.717, 1.165) is 22.1 Å². The van der Waals surface area contributed by atoms with Crippen LogP contribution >= 0.6 is 0 Å². The maximum Gasteiger partial charge on any atom is 0.289 e. The van der Waals surface area contributed by atoms with Crippen LogP contribution in [0.3, 0.4) is 0 Å². The summed E-state index contributed by atoms with van der Waals surface area (Å²) in [6, 6.07) is 15.6. The Morgan fingerprint density at radius 1 is 1.16 bits per heavy atom. The Labute approximate surface area is 248 Å². The molecule has 12 heteroatoms. The molecule has 1 aliphatic carbocycles. The summed E-state index contributed by atoms with van der Waals surface area (Å²) in [5.41, 5.74) is 4.68. The summed E-state index contributed by atoms with van der Waals surface area (Å²) >= 11 is 0. The van der Waals surface area contributed by atoms with E-state index < -0.39 is 31.6 Å². The Hall–Kier alpha value is -5.28. The molecule has 0 saturated heterocycles. The normalized spacial score (nSPS) is 14.7. The standard InChI is InChI=1S/C31H27N7O4S/c1-20(2)31-21(16-32)12-14-25-26(31)7-6-9-27(25)37(43(41,42)30-10-5-4-8-28(30)38(39)40)23-13-11-22-17-34-36(29(22)15-23)24-18-33-35(3)19-24/h4-5,8,10-15,17-19,27H,1,6-7,9H2,2-3H3. The number of nitrogens with zero attached hydrogens (tertiary/aromatic N) is 7. The van der Waals surface area contributed by atoms with Crippen molar-refractivity contribution in [1.29, 1.82) is 5.26 Å². The van der Waals surface area contributed by atoms with Crippen molar-refractivity contribution < 1.29 is 13.3 Å². The number of allylic oxidation sites excluding steroid dienone is 1. The summed E-state index contributed by atoms with van der Waals surface area (Å²) in [6.07, 6.45) is 6.90. The van der Waals surface area contributed by atoms with Crippen molar-refractivity contribution >= 4 is 37.9 Å². The van der Waals surface area contributed by atoms with Crippen LogP contribution in [0, 0.1) is 21.4 Å². The monoisotopic (exact) mass is 593 g/mol. The van der Waals surface area contributed by atoms with Crippen LogP contribution in [0.15, 0.2) is 84.7 Å². The summed E-state index contributed by atoms with van der Waals surface area (Å²) in [4.78, 5) is 10.9. The first kappa shape index (κ1) is 27.9. The van der Waals surface area contributed by atoms with Gasteiger partial charge in [0.2, 0.25) is 0 Å². The number of aryl methyl sites for hydroxylation is 1. The van der Waals surface area contributed by atoms with E-state index in [1.165, 1.54) is 28.6 Å². The molecule has 0 aliphatic heterocycles. The van der Waals surface area contributed by atoms with Crippen LogP contribution in [0.25, 0.3) is 22.2 Å². The molecule has 216 valence electrons. The molecular weight excluding hydrogens is 566 g/mol. The fourth-order valence-corrected chi connectivity index (χ4v) is 7.80. The molecule has 0 amide bonds. The number of rotatable bonds is 7. The lowest BCUT2D eigenvalue weighted by atomic mass is 9.81. The zero-order valence-corrected chi connectivity index (χ0v) is 24.3. The SMILES string of the molecule is C=C(C)c1c(C#N)ccc2c1CCCC2N(c1ccc2cnn(-c3cnn(C)c3)c2c1)S(=O)(=O)c1ccccc1[N+](=O)[O-]. The van der Waals surface area contributed by atoms with E-state index in [4.69, 9.17) is 0 Å². The molecule has 43 heavy (non-hydrogen) atoms. The smallest absolute Gasteiger partial charge is 0.274 e. The average Bonchev–Trinajstić information content (AvgIpc) is 3.62. The summed E-state index contributed by atoms with van der Waals surface area (Å²) in [5.74, 6) is 0. The Balaban J connectivity index is 1.62. The van der Waals surface area contributed by atoms with E-state index in [9.17, 15) is 23.8 Å². The number of anilines is 1. The Morgan fingerprint density at radius 3 is 2.65 bits per heavy atom. The van der Waals surface area contributed by atoms with Crippen molar-refractivity contribution in [1.82, 2.24) is 19.6 Å². The van der Waals surface area contributed by atoms with Crippen molar-refractivity contribution in [3.8, 4) is 11.8 Å². The van der Waals surface area contributed by atoms with E-state index >= 15 is 0 Å². The van der Waals surface area contributed by atoms with Gasteiger partial charge in [-0.15, -0.1) is 0 Å². The van der Waals surface area contributed by atoms with Crippen molar-refractivity contribution in [3.63, 3.8) is 0 Å². The van der Waals surface area contributed by atoms with Crippen LogP contribution in [0.2, 0.25) is 0 Å². The maximum atomic E-state index is 14.7. The van der Waals surface area contributed by atoms with Crippen LogP contribution in [0.1, 0.15) is 48.1 Å². The minimum atomic E-state index is -4.49. The lowest BCUT2D eigenvalue weighted by Crippen LogP contribution is -2.37. The number of nitro benzene ring substituents is 1.